The van der Waals surface area contributed by atoms with Gasteiger partial charge in [0.05, 0.1) is 22.4 Å². The second-order valence-corrected chi connectivity index (χ2v) is 9.18. The highest BCUT2D eigenvalue weighted by Crippen LogP contribution is 2.31. The highest BCUT2D eigenvalue weighted by molar-refractivity contribution is 5.81. The fourth-order valence-corrected chi connectivity index (χ4v) is 3.57. The topological polar surface area (TPSA) is 69.0 Å². The molecule has 0 spiro atoms. The maximum Gasteiger partial charge on any atom is 0.208 e. The minimum atomic E-state index is -0.335. The molecule has 0 amide bonds. The molecule has 0 aliphatic heterocycles. The molecule has 0 fully saturated rings. The summed E-state index contributed by atoms with van der Waals surface area (Å²) in [5.41, 5.74) is 3.56. The van der Waals surface area contributed by atoms with Gasteiger partial charge in [-0.3, -0.25) is 9.78 Å². The summed E-state index contributed by atoms with van der Waals surface area (Å²) in [6.45, 7) is 7.80. The van der Waals surface area contributed by atoms with Crippen molar-refractivity contribution in [3.63, 3.8) is 0 Å². The number of hydrogen-bond donors (Lipinski definition) is 1. The lowest BCUT2D eigenvalue weighted by Crippen LogP contribution is -2.12. The molecule has 4 rings (SSSR count). The lowest BCUT2D eigenvalue weighted by atomic mass is 9.87. The maximum absolute atomic E-state index is 14.5. The molecule has 7 heteroatoms. The van der Waals surface area contributed by atoms with Gasteiger partial charge in [-0.25, -0.2) is 9.37 Å². The Morgan fingerprint density at radius 3 is 2.58 bits per heavy atom. The van der Waals surface area contributed by atoms with E-state index in [-0.39, 0.29) is 23.4 Å². The van der Waals surface area contributed by atoms with E-state index in [2.05, 4.69) is 36.1 Å². The summed E-state index contributed by atoms with van der Waals surface area (Å²) in [5.74, 6) is 1.43. The number of pyridine rings is 1. The van der Waals surface area contributed by atoms with Crippen LogP contribution in [0.25, 0.3) is 11.0 Å². The monoisotopic (exact) mass is 446 g/mol. The zero-order valence-corrected chi connectivity index (χ0v) is 19.4. The SMILES string of the molecule is CC(=O)Cc1cc(Oc2ccc3c(c2)nc(Nc2cc(C(C)(C)C)ccc2F)n3C)ccn1. The highest BCUT2D eigenvalue weighted by atomic mass is 19.1. The van der Waals surface area contributed by atoms with Gasteiger partial charge < -0.3 is 14.6 Å². The van der Waals surface area contributed by atoms with Gasteiger partial charge in [-0.15, -0.1) is 0 Å². The Hall–Kier alpha value is -3.74. The Labute approximate surface area is 192 Å². The number of nitrogens with zero attached hydrogens (tertiary/aromatic N) is 3. The normalized spacial score (nSPS) is 11.6. The lowest BCUT2D eigenvalue weighted by molar-refractivity contribution is -0.116. The number of benzene rings is 2. The fraction of sp³-hybridized carbons (Fsp3) is 0.269. The molecule has 2 heterocycles. The van der Waals surface area contributed by atoms with Gasteiger partial charge in [0, 0.05) is 31.8 Å². The van der Waals surface area contributed by atoms with Crippen LogP contribution < -0.4 is 10.1 Å². The van der Waals surface area contributed by atoms with Crippen LogP contribution >= 0.6 is 0 Å². The van der Waals surface area contributed by atoms with E-state index >= 15 is 0 Å². The summed E-state index contributed by atoms with van der Waals surface area (Å²) in [7, 11) is 1.88. The van der Waals surface area contributed by atoms with Gasteiger partial charge in [-0.2, -0.15) is 0 Å². The quantitative estimate of drug-likeness (QED) is 0.389. The third kappa shape index (κ3) is 5.03. The molecule has 0 saturated carbocycles. The van der Waals surface area contributed by atoms with Crippen LogP contribution in [0.4, 0.5) is 16.0 Å². The molecule has 0 radical (unpaired) electrons. The zero-order valence-electron chi connectivity index (χ0n) is 19.4. The molecule has 4 aromatic rings. The highest BCUT2D eigenvalue weighted by Gasteiger charge is 2.17. The summed E-state index contributed by atoms with van der Waals surface area (Å²) < 4.78 is 22.3. The van der Waals surface area contributed by atoms with E-state index in [0.717, 1.165) is 11.1 Å². The Morgan fingerprint density at radius 1 is 1.09 bits per heavy atom. The number of carbonyl (C=O) groups excluding carboxylic acids is 1. The van der Waals surface area contributed by atoms with Gasteiger partial charge in [0.1, 0.15) is 23.1 Å². The predicted octanol–water partition coefficient (Wildman–Crippen LogP) is 6.07. The van der Waals surface area contributed by atoms with Crippen LogP contribution in [-0.2, 0) is 23.7 Å². The van der Waals surface area contributed by atoms with Gasteiger partial charge in [-0.05, 0) is 48.2 Å². The van der Waals surface area contributed by atoms with Crippen LogP contribution in [0.1, 0.15) is 39.0 Å². The first-order valence-electron chi connectivity index (χ1n) is 10.8. The smallest absolute Gasteiger partial charge is 0.208 e. The second kappa shape index (κ2) is 8.65. The molecule has 0 unspecified atom stereocenters. The Morgan fingerprint density at radius 2 is 1.85 bits per heavy atom. The first kappa shape index (κ1) is 22.5. The second-order valence-electron chi connectivity index (χ2n) is 9.18. The number of aromatic nitrogens is 3. The fourth-order valence-electron chi connectivity index (χ4n) is 3.57. The maximum atomic E-state index is 14.5. The standard InChI is InChI=1S/C26H27FN4O2/c1-16(32)12-18-14-20(10-11-28-18)33-19-7-9-24-23(15-19)30-25(31(24)5)29-22-13-17(26(2,3)4)6-8-21(22)27/h6-11,13-15H,12H2,1-5H3,(H,29,30). The van der Waals surface area contributed by atoms with Crippen molar-refractivity contribution in [2.24, 2.45) is 7.05 Å². The first-order chi connectivity index (χ1) is 15.6. The first-order valence-corrected chi connectivity index (χ1v) is 10.8. The van der Waals surface area contributed by atoms with Crippen molar-refractivity contribution in [3.8, 4) is 11.5 Å². The number of rotatable bonds is 6. The largest absolute Gasteiger partial charge is 0.457 e. The number of anilines is 2. The number of aryl methyl sites for hydroxylation is 1. The van der Waals surface area contributed by atoms with Gasteiger partial charge in [-0.1, -0.05) is 26.8 Å². The number of halogens is 1. The van der Waals surface area contributed by atoms with E-state index in [9.17, 15) is 9.18 Å². The van der Waals surface area contributed by atoms with Crippen LogP contribution in [-0.4, -0.2) is 20.3 Å². The summed E-state index contributed by atoms with van der Waals surface area (Å²) in [5, 5.41) is 3.13. The van der Waals surface area contributed by atoms with Crippen molar-refractivity contribution in [1.82, 2.24) is 14.5 Å². The number of imidazole rings is 1. The van der Waals surface area contributed by atoms with Gasteiger partial charge in [0.25, 0.3) is 0 Å². The Kier molecular flexibility index (Phi) is 5.89. The molecular formula is C26H27FN4O2. The van der Waals surface area contributed by atoms with Crippen molar-refractivity contribution in [2.45, 2.75) is 39.5 Å². The number of nitrogens with one attached hydrogen (secondary N) is 1. The third-order valence-corrected chi connectivity index (χ3v) is 5.38. The zero-order chi connectivity index (χ0) is 23.8. The van der Waals surface area contributed by atoms with Crippen LogP contribution in [0, 0.1) is 5.82 Å². The minimum absolute atomic E-state index is 0.0408. The van der Waals surface area contributed by atoms with Crippen molar-refractivity contribution in [3.05, 3.63) is 71.8 Å². The Balaban J connectivity index is 1.61. The molecule has 170 valence electrons. The van der Waals surface area contributed by atoms with Crippen molar-refractivity contribution >= 4 is 28.5 Å². The molecule has 0 aliphatic carbocycles. The van der Waals surface area contributed by atoms with E-state index in [1.54, 1.807) is 24.4 Å². The molecule has 6 nitrogen and oxygen atoms in total. The number of Topliss-reactive ketones (excluding diaryl/α,β-unsaturated/α-hetero) is 1. The number of ketones is 1. The summed E-state index contributed by atoms with van der Waals surface area (Å²) in [6, 6.07) is 14.2. The molecule has 1 N–H and O–H groups in total. The van der Waals surface area contributed by atoms with Crippen molar-refractivity contribution in [2.75, 3.05) is 5.32 Å². The lowest BCUT2D eigenvalue weighted by Gasteiger charge is -2.20. The molecule has 2 aromatic carbocycles. The molecule has 2 aromatic heterocycles. The summed E-state index contributed by atoms with van der Waals surface area (Å²) in [4.78, 5) is 20.2. The van der Waals surface area contributed by atoms with Crippen LogP contribution in [0.5, 0.6) is 11.5 Å². The molecule has 33 heavy (non-hydrogen) atoms. The van der Waals surface area contributed by atoms with Crippen LogP contribution in [0.15, 0.2) is 54.7 Å². The van der Waals surface area contributed by atoms with E-state index in [1.807, 2.05) is 35.9 Å². The number of ether oxygens (including phenoxy) is 1. The average Bonchev–Trinajstić information content (AvgIpc) is 3.03. The van der Waals surface area contributed by atoms with Gasteiger partial charge in [0.15, 0.2) is 0 Å². The molecule has 0 aliphatic rings. The summed E-state index contributed by atoms with van der Waals surface area (Å²) >= 11 is 0. The van der Waals surface area contributed by atoms with E-state index < -0.39 is 0 Å². The predicted molar refractivity (Wildman–Crippen MR) is 128 cm³/mol. The summed E-state index contributed by atoms with van der Waals surface area (Å²) in [6.07, 6.45) is 1.88. The molecule has 0 saturated heterocycles. The Bertz CT molecular complexity index is 1340. The van der Waals surface area contributed by atoms with Crippen LogP contribution in [0.2, 0.25) is 0 Å². The van der Waals surface area contributed by atoms with Gasteiger partial charge >= 0.3 is 0 Å². The molecule has 0 bridgehead atoms. The number of hydrogen-bond acceptors (Lipinski definition) is 5. The van der Waals surface area contributed by atoms with E-state index in [4.69, 9.17) is 4.74 Å². The molecule has 0 atom stereocenters. The van der Waals surface area contributed by atoms with Crippen molar-refractivity contribution < 1.29 is 13.9 Å². The van der Waals surface area contributed by atoms with E-state index in [1.165, 1.54) is 13.0 Å². The van der Waals surface area contributed by atoms with Crippen molar-refractivity contribution in [1.29, 1.82) is 0 Å². The molecular weight excluding hydrogens is 419 g/mol. The number of fused-ring (bicyclic) bond motifs is 1. The number of carbonyl (C=O) groups is 1. The van der Waals surface area contributed by atoms with E-state index in [0.29, 0.717) is 34.3 Å². The average molecular weight is 447 g/mol. The minimum Gasteiger partial charge on any atom is -0.457 e. The van der Waals surface area contributed by atoms with Gasteiger partial charge in [0.2, 0.25) is 5.95 Å². The third-order valence-electron chi connectivity index (χ3n) is 5.38. The van der Waals surface area contributed by atoms with Crippen LogP contribution in [0.3, 0.4) is 0 Å².